The number of aromatic nitrogens is 1. The second-order valence-corrected chi connectivity index (χ2v) is 7.76. The van der Waals surface area contributed by atoms with Gasteiger partial charge in [-0.15, -0.1) is 0 Å². The van der Waals surface area contributed by atoms with Crippen molar-refractivity contribution in [3.05, 3.63) is 125 Å². The normalized spacial score (nSPS) is 10.6. The highest BCUT2D eigenvalue weighted by atomic mass is 16.4. The lowest BCUT2D eigenvalue weighted by Crippen LogP contribution is -2.18. The molecule has 3 aromatic carbocycles. The van der Waals surface area contributed by atoms with Gasteiger partial charge in [-0.05, 0) is 54.1 Å². The van der Waals surface area contributed by atoms with E-state index in [1.165, 1.54) is 6.20 Å². The average Bonchev–Trinajstić information content (AvgIpc) is 2.89. The molecule has 0 aliphatic carbocycles. The zero-order chi connectivity index (χ0) is 24.2. The summed E-state index contributed by atoms with van der Waals surface area (Å²) in [7, 11) is 0. The number of nitrogens with zero attached hydrogens (tertiary/aromatic N) is 1. The van der Waals surface area contributed by atoms with Crippen LogP contribution in [0.5, 0.6) is 0 Å². The number of pyridine rings is 1. The van der Waals surface area contributed by atoms with Gasteiger partial charge in [0.1, 0.15) is 5.58 Å². The molecule has 0 bridgehead atoms. The van der Waals surface area contributed by atoms with E-state index in [1.807, 2.05) is 12.1 Å². The van der Waals surface area contributed by atoms with Gasteiger partial charge in [0.15, 0.2) is 0 Å². The van der Waals surface area contributed by atoms with Crippen molar-refractivity contribution in [1.82, 2.24) is 4.98 Å². The van der Waals surface area contributed by atoms with Crippen molar-refractivity contribution in [2.75, 3.05) is 10.6 Å². The molecule has 5 aromatic rings. The molecule has 2 N–H and O–H groups in total. The smallest absolute Gasteiger partial charge is 0.344 e. The third kappa shape index (κ3) is 4.69. The van der Waals surface area contributed by atoms with E-state index in [-0.39, 0.29) is 11.8 Å². The Bertz CT molecular complexity index is 1590. The standard InChI is InChI=1S/C28H19N3O4/c32-26(31-24-9-3-2-8-22(24)27(33)30-21-7-5-15-29-17-21)19-13-11-18(12-14-19)23-16-20-6-1-4-10-25(20)35-28(23)34/h1-17H,(H,30,33)(H,31,32). The summed E-state index contributed by atoms with van der Waals surface area (Å²) in [6, 6.07) is 25.9. The molecule has 2 amide bonds. The number of carbonyl (C=O) groups excluding carboxylic acids is 2. The van der Waals surface area contributed by atoms with Gasteiger partial charge >= 0.3 is 5.63 Å². The molecule has 2 aromatic heterocycles. The van der Waals surface area contributed by atoms with Crippen LogP contribution in [0.1, 0.15) is 20.7 Å². The summed E-state index contributed by atoms with van der Waals surface area (Å²) in [5.74, 6) is -0.754. The lowest BCUT2D eigenvalue weighted by Gasteiger charge is -2.12. The number of benzene rings is 3. The fourth-order valence-electron chi connectivity index (χ4n) is 3.68. The molecule has 0 fully saturated rings. The SMILES string of the molecule is O=C(Nc1ccccc1C(=O)Nc1cccnc1)c1ccc(-c2cc3ccccc3oc2=O)cc1. The van der Waals surface area contributed by atoms with E-state index in [9.17, 15) is 14.4 Å². The van der Waals surface area contributed by atoms with Crippen molar-refractivity contribution in [2.45, 2.75) is 0 Å². The molecule has 0 saturated heterocycles. The van der Waals surface area contributed by atoms with E-state index < -0.39 is 5.63 Å². The zero-order valence-electron chi connectivity index (χ0n) is 18.4. The van der Waals surface area contributed by atoms with Crippen LogP contribution in [0, 0.1) is 0 Å². The van der Waals surface area contributed by atoms with Crippen LogP contribution in [0.4, 0.5) is 11.4 Å². The Morgan fingerprint density at radius 1 is 0.771 bits per heavy atom. The predicted octanol–water partition coefficient (Wildman–Crippen LogP) is 5.36. The molecule has 0 spiro atoms. The highest BCUT2D eigenvalue weighted by Gasteiger charge is 2.15. The number of carbonyl (C=O) groups is 2. The third-order valence-corrected chi connectivity index (χ3v) is 5.44. The maximum atomic E-state index is 12.9. The summed E-state index contributed by atoms with van der Waals surface area (Å²) >= 11 is 0. The number of fused-ring (bicyclic) bond motifs is 1. The molecule has 170 valence electrons. The fourth-order valence-corrected chi connectivity index (χ4v) is 3.68. The summed E-state index contributed by atoms with van der Waals surface area (Å²) in [4.78, 5) is 42.1. The molecule has 0 unspecified atom stereocenters. The van der Waals surface area contributed by atoms with Crippen LogP contribution in [-0.2, 0) is 0 Å². The molecular formula is C28H19N3O4. The van der Waals surface area contributed by atoms with Crippen molar-refractivity contribution in [1.29, 1.82) is 0 Å². The van der Waals surface area contributed by atoms with Crippen molar-refractivity contribution in [2.24, 2.45) is 0 Å². The van der Waals surface area contributed by atoms with Gasteiger partial charge in [0.2, 0.25) is 0 Å². The molecular weight excluding hydrogens is 442 g/mol. The first-order chi connectivity index (χ1) is 17.1. The van der Waals surface area contributed by atoms with E-state index in [0.717, 1.165) is 5.39 Å². The third-order valence-electron chi connectivity index (χ3n) is 5.44. The van der Waals surface area contributed by atoms with Crippen molar-refractivity contribution < 1.29 is 14.0 Å². The van der Waals surface area contributed by atoms with Gasteiger partial charge in [0.25, 0.3) is 11.8 Å². The summed E-state index contributed by atoms with van der Waals surface area (Å²) in [6.07, 6.45) is 3.15. The van der Waals surface area contributed by atoms with Crippen molar-refractivity contribution in [3.8, 4) is 11.1 Å². The van der Waals surface area contributed by atoms with E-state index in [1.54, 1.807) is 85.1 Å². The molecule has 0 aliphatic heterocycles. The van der Waals surface area contributed by atoms with Crippen LogP contribution < -0.4 is 16.3 Å². The molecule has 5 rings (SSSR count). The second-order valence-electron chi connectivity index (χ2n) is 7.76. The van der Waals surface area contributed by atoms with Crippen molar-refractivity contribution >= 4 is 34.2 Å². The Labute approximate surface area is 200 Å². The lowest BCUT2D eigenvalue weighted by atomic mass is 10.0. The molecule has 0 saturated carbocycles. The lowest BCUT2D eigenvalue weighted by molar-refractivity contribution is 0.102. The first-order valence-corrected chi connectivity index (χ1v) is 10.8. The number of hydrogen-bond acceptors (Lipinski definition) is 5. The Morgan fingerprint density at radius 2 is 1.54 bits per heavy atom. The average molecular weight is 461 g/mol. The maximum absolute atomic E-state index is 12.9. The van der Waals surface area contributed by atoms with Crippen LogP contribution in [0.25, 0.3) is 22.1 Å². The first kappa shape index (κ1) is 21.8. The van der Waals surface area contributed by atoms with E-state index in [2.05, 4.69) is 15.6 Å². The summed E-state index contributed by atoms with van der Waals surface area (Å²) in [6.45, 7) is 0. The highest BCUT2D eigenvalue weighted by Crippen LogP contribution is 2.23. The van der Waals surface area contributed by atoms with E-state index in [0.29, 0.717) is 39.2 Å². The minimum atomic E-state index is -0.450. The van der Waals surface area contributed by atoms with Crippen LogP contribution in [0.3, 0.4) is 0 Å². The number of anilines is 2. The molecule has 0 radical (unpaired) electrons. The fraction of sp³-hybridized carbons (Fsp3) is 0. The van der Waals surface area contributed by atoms with Gasteiger partial charge in [-0.25, -0.2) is 4.79 Å². The van der Waals surface area contributed by atoms with Crippen LogP contribution in [0.2, 0.25) is 0 Å². The van der Waals surface area contributed by atoms with Crippen LogP contribution >= 0.6 is 0 Å². The predicted molar refractivity (Wildman–Crippen MR) is 135 cm³/mol. The summed E-state index contributed by atoms with van der Waals surface area (Å²) in [5, 5.41) is 6.37. The minimum absolute atomic E-state index is 0.315. The van der Waals surface area contributed by atoms with Gasteiger partial charge in [-0.2, -0.15) is 0 Å². The van der Waals surface area contributed by atoms with Crippen LogP contribution in [0.15, 0.2) is 113 Å². The van der Waals surface area contributed by atoms with Gasteiger partial charge in [0.05, 0.1) is 28.7 Å². The first-order valence-electron chi connectivity index (χ1n) is 10.8. The van der Waals surface area contributed by atoms with E-state index in [4.69, 9.17) is 4.42 Å². The Hall–Kier alpha value is -5.04. The van der Waals surface area contributed by atoms with E-state index >= 15 is 0 Å². The monoisotopic (exact) mass is 461 g/mol. The number of nitrogens with one attached hydrogen (secondary N) is 2. The largest absolute Gasteiger partial charge is 0.422 e. The summed E-state index contributed by atoms with van der Waals surface area (Å²) < 4.78 is 5.41. The molecule has 0 atom stereocenters. The minimum Gasteiger partial charge on any atom is -0.422 e. The quantitative estimate of drug-likeness (QED) is 0.343. The zero-order valence-corrected chi connectivity index (χ0v) is 18.4. The van der Waals surface area contributed by atoms with Gasteiger partial charge in [-0.1, -0.05) is 42.5 Å². The summed E-state index contributed by atoms with van der Waals surface area (Å²) in [5.41, 5.74) is 2.73. The highest BCUT2D eigenvalue weighted by molar-refractivity contribution is 6.12. The second kappa shape index (κ2) is 9.44. The van der Waals surface area contributed by atoms with Gasteiger partial charge in [0, 0.05) is 17.1 Å². The molecule has 7 nitrogen and oxygen atoms in total. The maximum Gasteiger partial charge on any atom is 0.344 e. The number of para-hydroxylation sites is 2. The Morgan fingerprint density at radius 3 is 2.34 bits per heavy atom. The molecule has 7 heteroatoms. The van der Waals surface area contributed by atoms with Gasteiger partial charge in [-0.3, -0.25) is 14.6 Å². The van der Waals surface area contributed by atoms with Gasteiger partial charge < -0.3 is 15.1 Å². The molecule has 2 heterocycles. The topological polar surface area (TPSA) is 101 Å². The number of hydrogen-bond donors (Lipinski definition) is 2. The van der Waals surface area contributed by atoms with Crippen molar-refractivity contribution in [3.63, 3.8) is 0 Å². The van der Waals surface area contributed by atoms with Crippen LogP contribution in [-0.4, -0.2) is 16.8 Å². The molecule has 0 aliphatic rings. The Kier molecular flexibility index (Phi) is 5.88. The molecule has 35 heavy (non-hydrogen) atoms. The number of amides is 2. The number of rotatable bonds is 5. The Balaban J connectivity index is 1.36.